The number of ether oxygens (including phenoxy) is 1. The molecule has 2 N–H and O–H groups in total. The first-order valence-electron chi connectivity index (χ1n) is 3.74. The molecule has 0 aliphatic rings. The van der Waals surface area contributed by atoms with E-state index in [1.807, 2.05) is 0 Å². The number of nitrogens with two attached hydrogens (primary N) is 1. The molecular formula is C9H12FNO. The molecule has 0 aliphatic carbocycles. The van der Waals surface area contributed by atoms with Gasteiger partial charge in [0.2, 0.25) is 0 Å². The van der Waals surface area contributed by atoms with Gasteiger partial charge in [-0.05, 0) is 23.3 Å². The van der Waals surface area contributed by atoms with Crippen molar-refractivity contribution in [3.63, 3.8) is 0 Å². The molecule has 0 amide bonds. The summed E-state index contributed by atoms with van der Waals surface area (Å²) in [7, 11) is 1.60. The average molecular weight is 169 g/mol. The molecule has 66 valence electrons. The molecule has 0 fully saturated rings. The molecule has 0 saturated carbocycles. The number of benzene rings is 1. The van der Waals surface area contributed by atoms with Gasteiger partial charge >= 0.3 is 0 Å². The van der Waals surface area contributed by atoms with E-state index in [0.29, 0.717) is 13.2 Å². The Hall–Kier alpha value is -0.930. The second-order valence-corrected chi connectivity index (χ2v) is 2.55. The van der Waals surface area contributed by atoms with Crippen molar-refractivity contribution in [1.29, 1.82) is 0 Å². The van der Waals surface area contributed by atoms with Crippen LogP contribution in [0.3, 0.4) is 0 Å². The van der Waals surface area contributed by atoms with Crippen LogP contribution in [0.1, 0.15) is 11.1 Å². The third-order valence-corrected chi connectivity index (χ3v) is 1.69. The Balaban J connectivity index is 2.94. The molecule has 0 bridgehead atoms. The molecule has 0 saturated heterocycles. The van der Waals surface area contributed by atoms with E-state index >= 15 is 0 Å². The van der Waals surface area contributed by atoms with Crippen LogP contribution in [0.2, 0.25) is 0 Å². The van der Waals surface area contributed by atoms with Gasteiger partial charge in [0, 0.05) is 13.7 Å². The standard InChI is InChI=1S/C9H12FNO/c1-12-6-7-2-3-9(10)4-8(7)5-11/h2-4H,5-6,11H2,1H3. The lowest BCUT2D eigenvalue weighted by atomic mass is 10.1. The fourth-order valence-corrected chi connectivity index (χ4v) is 1.08. The summed E-state index contributed by atoms with van der Waals surface area (Å²) in [6.07, 6.45) is 0. The van der Waals surface area contributed by atoms with Gasteiger partial charge in [-0.3, -0.25) is 0 Å². The van der Waals surface area contributed by atoms with Gasteiger partial charge < -0.3 is 10.5 Å². The van der Waals surface area contributed by atoms with Crippen molar-refractivity contribution in [2.75, 3.05) is 7.11 Å². The van der Waals surface area contributed by atoms with Crippen molar-refractivity contribution in [2.45, 2.75) is 13.2 Å². The van der Waals surface area contributed by atoms with Crippen LogP contribution in [0.4, 0.5) is 4.39 Å². The van der Waals surface area contributed by atoms with E-state index in [1.165, 1.54) is 12.1 Å². The first kappa shape index (κ1) is 9.16. The molecule has 0 unspecified atom stereocenters. The summed E-state index contributed by atoms with van der Waals surface area (Å²) in [4.78, 5) is 0. The number of methoxy groups -OCH3 is 1. The van der Waals surface area contributed by atoms with Crippen molar-refractivity contribution < 1.29 is 9.13 Å². The molecule has 12 heavy (non-hydrogen) atoms. The highest BCUT2D eigenvalue weighted by Gasteiger charge is 2.01. The van der Waals surface area contributed by atoms with E-state index in [1.54, 1.807) is 13.2 Å². The summed E-state index contributed by atoms with van der Waals surface area (Å²) >= 11 is 0. The first-order chi connectivity index (χ1) is 5.77. The van der Waals surface area contributed by atoms with E-state index in [4.69, 9.17) is 10.5 Å². The van der Waals surface area contributed by atoms with Gasteiger partial charge in [0.05, 0.1) is 6.61 Å². The van der Waals surface area contributed by atoms with Crippen molar-refractivity contribution in [2.24, 2.45) is 5.73 Å². The third-order valence-electron chi connectivity index (χ3n) is 1.69. The highest BCUT2D eigenvalue weighted by molar-refractivity contribution is 5.27. The predicted octanol–water partition coefficient (Wildman–Crippen LogP) is 1.43. The summed E-state index contributed by atoms with van der Waals surface area (Å²) in [5.74, 6) is -0.254. The molecule has 1 rings (SSSR count). The highest BCUT2D eigenvalue weighted by Crippen LogP contribution is 2.11. The zero-order valence-electron chi connectivity index (χ0n) is 7.01. The molecule has 0 radical (unpaired) electrons. The topological polar surface area (TPSA) is 35.2 Å². The fraction of sp³-hybridized carbons (Fsp3) is 0.333. The Morgan fingerprint density at radius 3 is 2.75 bits per heavy atom. The third kappa shape index (κ3) is 2.03. The van der Waals surface area contributed by atoms with Crippen LogP contribution in [0, 0.1) is 5.82 Å². The van der Waals surface area contributed by atoms with Gasteiger partial charge in [-0.1, -0.05) is 6.07 Å². The lowest BCUT2D eigenvalue weighted by Crippen LogP contribution is -2.02. The number of hydrogen-bond acceptors (Lipinski definition) is 2. The molecule has 1 aromatic carbocycles. The molecular weight excluding hydrogens is 157 g/mol. The monoisotopic (exact) mass is 169 g/mol. The molecule has 0 aromatic heterocycles. The molecule has 2 nitrogen and oxygen atoms in total. The van der Waals surface area contributed by atoms with Crippen LogP contribution >= 0.6 is 0 Å². The summed E-state index contributed by atoms with van der Waals surface area (Å²) in [5, 5.41) is 0. The van der Waals surface area contributed by atoms with Gasteiger partial charge in [-0.25, -0.2) is 4.39 Å². The lowest BCUT2D eigenvalue weighted by Gasteiger charge is -2.05. The summed E-state index contributed by atoms with van der Waals surface area (Å²) in [6.45, 7) is 0.823. The van der Waals surface area contributed by atoms with Crippen LogP contribution < -0.4 is 5.73 Å². The van der Waals surface area contributed by atoms with Crippen LogP contribution in [-0.4, -0.2) is 7.11 Å². The number of hydrogen-bond donors (Lipinski definition) is 1. The van der Waals surface area contributed by atoms with Crippen molar-refractivity contribution >= 4 is 0 Å². The molecule has 0 heterocycles. The lowest BCUT2D eigenvalue weighted by molar-refractivity contribution is 0.184. The minimum atomic E-state index is -0.254. The van der Waals surface area contributed by atoms with E-state index in [2.05, 4.69) is 0 Å². The van der Waals surface area contributed by atoms with Crippen LogP contribution in [0.5, 0.6) is 0 Å². The average Bonchev–Trinajstić information content (AvgIpc) is 2.08. The van der Waals surface area contributed by atoms with Gasteiger partial charge in [0.1, 0.15) is 5.82 Å². The maximum Gasteiger partial charge on any atom is 0.123 e. The Kier molecular flexibility index (Phi) is 3.19. The molecule has 0 spiro atoms. The summed E-state index contributed by atoms with van der Waals surface area (Å²) in [5.41, 5.74) is 7.18. The summed E-state index contributed by atoms with van der Waals surface area (Å²) < 4.78 is 17.6. The van der Waals surface area contributed by atoms with Gasteiger partial charge in [0.15, 0.2) is 0 Å². The van der Waals surface area contributed by atoms with E-state index < -0.39 is 0 Å². The zero-order valence-corrected chi connectivity index (χ0v) is 7.01. The van der Waals surface area contributed by atoms with Gasteiger partial charge in [-0.2, -0.15) is 0 Å². The van der Waals surface area contributed by atoms with E-state index in [0.717, 1.165) is 11.1 Å². The Bertz CT molecular complexity index is 263. The smallest absolute Gasteiger partial charge is 0.123 e. The molecule has 3 heteroatoms. The summed E-state index contributed by atoms with van der Waals surface area (Å²) in [6, 6.07) is 4.54. The number of rotatable bonds is 3. The van der Waals surface area contributed by atoms with Gasteiger partial charge in [0.25, 0.3) is 0 Å². The van der Waals surface area contributed by atoms with E-state index in [-0.39, 0.29) is 5.82 Å². The van der Waals surface area contributed by atoms with Crippen molar-refractivity contribution in [3.8, 4) is 0 Å². The first-order valence-corrected chi connectivity index (χ1v) is 3.74. The maximum atomic E-state index is 12.7. The van der Waals surface area contributed by atoms with Crippen LogP contribution in [0.15, 0.2) is 18.2 Å². The Morgan fingerprint density at radius 1 is 1.42 bits per heavy atom. The highest BCUT2D eigenvalue weighted by atomic mass is 19.1. The predicted molar refractivity (Wildman–Crippen MR) is 45.0 cm³/mol. The maximum absolute atomic E-state index is 12.7. The molecule has 1 aromatic rings. The Morgan fingerprint density at radius 2 is 2.17 bits per heavy atom. The molecule has 0 atom stereocenters. The second-order valence-electron chi connectivity index (χ2n) is 2.55. The number of halogens is 1. The Labute approximate surface area is 71.1 Å². The zero-order chi connectivity index (χ0) is 8.97. The van der Waals surface area contributed by atoms with Crippen molar-refractivity contribution in [1.82, 2.24) is 0 Å². The quantitative estimate of drug-likeness (QED) is 0.742. The SMILES string of the molecule is COCc1ccc(F)cc1CN. The minimum absolute atomic E-state index is 0.254. The minimum Gasteiger partial charge on any atom is -0.380 e. The normalized spacial score (nSPS) is 10.2. The fourth-order valence-electron chi connectivity index (χ4n) is 1.08. The molecule has 0 aliphatic heterocycles. The van der Waals surface area contributed by atoms with E-state index in [9.17, 15) is 4.39 Å². The largest absolute Gasteiger partial charge is 0.380 e. The van der Waals surface area contributed by atoms with Gasteiger partial charge in [-0.15, -0.1) is 0 Å². The van der Waals surface area contributed by atoms with Crippen LogP contribution in [-0.2, 0) is 17.9 Å². The second kappa shape index (κ2) is 4.18. The van der Waals surface area contributed by atoms with Crippen LogP contribution in [0.25, 0.3) is 0 Å². The van der Waals surface area contributed by atoms with Crippen molar-refractivity contribution in [3.05, 3.63) is 35.1 Å².